The summed E-state index contributed by atoms with van der Waals surface area (Å²) in [5, 5.41) is 3.35. The number of benzene rings is 1. The van der Waals surface area contributed by atoms with Crippen molar-refractivity contribution in [3.8, 4) is 0 Å². The first-order valence-corrected chi connectivity index (χ1v) is 10.7. The van der Waals surface area contributed by atoms with Crippen molar-refractivity contribution in [2.24, 2.45) is 0 Å². The lowest BCUT2D eigenvalue weighted by atomic mass is 10.2. The van der Waals surface area contributed by atoms with Gasteiger partial charge in [0.25, 0.3) is 0 Å². The van der Waals surface area contributed by atoms with Crippen LogP contribution >= 0.6 is 11.8 Å². The molecule has 0 heterocycles. The van der Waals surface area contributed by atoms with E-state index in [0.29, 0.717) is 11.3 Å². The lowest BCUT2D eigenvalue weighted by molar-refractivity contribution is 0.595. The van der Waals surface area contributed by atoms with Crippen LogP contribution in [0.1, 0.15) is 39.0 Å². The number of thioether (sulfide) groups is 1. The first-order valence-electron chi connectivity index (χ1n) is 7.66. The van der Waals surface area contributed by atoms with E-state index < -0.39 is 9.84 Å². The maximum absolute atomic E-state index is 11.9. The highest BCUT2D eigenvalue weighted by Gasteiger charge is 2.12. The minimum atomic E-state index is -3.09. The monoisotopic (exact) mass is 329 g/mol. The van der Waals surface area contributed by atoms with Gasteiger partial charge in [-0.25, -0.2) is 8.42 Å². The standard InChI is InChI=1S/C16H27NO2S2/c1-3-14-21(18,19)16-10-8-15(9-11-16)17-12-6-4-5-7-13-20-2/h8-11,17H,3-7,12-14H2,1-2H3. The van der Waals surface area contributed by atoms with Gasteiger partial charge in [-0.15, -0.1) is 0 Å². The minimum absolute atomic E-state index is 0.218. The van der Waals surface area contributed by atoms with E-state index in [2.05, 4.69) is 11.6 Å². The van der Waals surface area contributed by atoms with Crippen LogP contribution in [0.5, 0.6) is 0 Å². The van der Waals surface area contributed by atoms with Gasteiger partial charge in [0.15, 0.2) is 9.84 Å². The van der Waals surface area contributed by atoms with Crippen LogP contribution in [0, 0.1) is 0 Å². The molecule has 0 amide bonds. The number of anilines is 1. The molecule has 0 unspecified atom stereocenters. The zero-order valence-corrected chi connectivity index (χ0v) is 14.7. The number of sulfone groups is 1. The highest BCUT2D eigenvalue weighted by Crippen LogP contribution is 2.16. The molecule has 1 aromatic carbocycles. The van der Waals surface area contributed by atoms with Crippen molar-refractivity contribution in [2.75, 3.05) is 29.6 Å². The zero-order chi connectivity index (χ0) is 15.6. The Morgan fingerprint density at radius 3 is 2.33 bits per heavy atom. The van der Waals surface area contributed by atoms with Crippen molar-refractivity contribution in [1.29, 1.82) is 0 Å². The second-order valence-corrected chi connectivity index (χ2v) is 8.27. The third-order valence-corrected chi connectivity index (χ3v) is 5.92. The SMILES string of the molecule is CCCS(=O)(=O)c1ccc(NCCCCCCSC)cc1. The molecular weight excluding hydrogens is 302 g/mol. The molecule has 0 aliphatic heterocycles. The summed E-state index contributed by atoms with van der Waals surface area (Å²) in [7, 11) is -3.09. The van der Waals surface area contributed by atoms with Gasteiger partial charge in [0.2, 0.25) is 0 Å². The Balaban J connectivity index is 2.32. The molecule has 0 fully saturated rings. The Bertz CT molecular complexity index is 484. The van der Waals surface area contributed by atoms with E-state index in [1.807, 2.05) is 30.8 Å². The van der Waals surface area contributed by atoms with E-state index in [1.54, 1.807) is 12.1 Å². The highest BCUT2D eigenvalue weighted by molar-refractivity contribution is 7.98. The van der Waals surface area contributed by atoms with E-state index in [0.717, 1.165) is 18.7 Å². The molecule has 0 saturated heterocycles. The minimum Gasteiger partial charge on any atom is -0.385 e. The molecule has 21 heavy (non-hydrogen) atoms. The molecule has 1 rings (SSSR count). The molecule has 1 N–H and O–H groups in total. The van der Waals surface area contributed by atoms with Gasteiger partial charge in [-0.3, -0.25) is 0 Å². The van der Waals surface area contributed by atoms with E-state index in [1.165, 1.54) is 25.0 Å². The van der Waals surface area contributed by atoms with Crippen LogP contribution in [-0.2, 0) is 9.84 Å². The molecule has 0 aliphatic rings. The number of hydrogen-bond donors (Lipinski definition) is 1. The van der Waals surface area contributed by atoms with Crippen molar-refractivity contribution in [3.05, 3.63) is 24.3 Å². The van der Waals surface area contributed by atoms with Crippen LogP contribution in [-0.4, -0.2) is 32.7 Å². The molecule has 120 valence electrons. The van der Waals surface area contributed by atoms with Gasteiger partial charge < -0.3 is 5.32 Å². The van der Waals surface area contributed by atoms with Gasteiger partial charge in [0.05, 0.1) is 10.6 Å². The van der Waals surface area contributed by atoms with Gasteiger partial charge in [-0.1, -0.05) is 19.8 Å². The fourth-order valence-corrected chi connectivity index (χ4v) is 3.94. The van der Waals surface area contributed by atoms with E-state index >= 15 is 0 Å². The third kappa shape index (κ3) is 7.23. The zero-order valence-electron chi connectivity index (χ0n) is 13.1. The second-order valence-electron chi connectivity index (χ2n) is 5.18. The first kappa shape index (κ1) is 18.4. The average Bonchev–Trinajstić information content (AvgIpc) is 2.47. The molecule has 1 aromatic rings. The molecule has 0 spiro atoms. The fourth-order valence-electron chi connectivity index (χ4n) is 2.12. The van der Waals surface area contributed by atoms with E-state index in [-0.39, 0.29) is 5.75 Å². The molecule has 0 aliphatic carbocycles. The van der Waals surface area contributed by atoms with Gasteiger partial charge in [-0.2, -0.15) is 11.8 Å². The van der Waals surface area contributed by atoms with Crippen molar-refractivity contribution >= 4 is 27.3 Å². The molecule has 0 aromatic heterocycles. The van der Waals surface area contributed by atoms with Crippen LogP contribution in [0.4, 0.5) is 5.69 Å². The summed E-state index contributed by atoms with van der Waals surface area (Å²) < 4.78 is 23.8. The maximum atomic E-state index is 11.9. The highest BCUT2D eigenvalue weighted by atomic mass is 32.2. The molecule has 5 heteroatoms. The number of rotatable bonds is 11. The molecule has 3 nitrogen and oxygen atoms in total. The Morgan fingerprint density at radius 1 is 1.05 bits per heavy atom. The first-order chi connectivity index (χ1) is 10.1. The largest absolute Gasteiger partial charge is 0.385 e. The smallest absolute Gasteiger partial charge is 0.178 e. The molecule has 0 radical (unpaired) electrons. The Kier molecular flexibility index (Phi) is 8.85. The summed E-state index contributed by atoms with van der Waals surface area (Å²) in [6.07, 6.45) is 7.79. The Labute approximate surface area is 133 Å². The van der Waals surface area contributed by atoms with Gasteiger partial charge in [0.1, 0.15) is 0 Å². The predicted octanol–water partition coefficient (Wildman–Crippen LogP) is 4.21. The molecule has 0 atom stereocenters. The summed E-state index contributed by atoms with van der Waals surface area (Å²) in [4.78, 5) is 0.423. The van der Waals surface area contributed by atoms with E-state index in [9.17, 15) is 8.42 Å². The predicted molar refractivity (Wildman–Crippen MR) is 94.1 cm³/mol. The van der Waals surface area contributed by atoms with Crippen LogP contribution < -0.4 is 5.32 Å². The van der Waals surface area contributed by atoms with Crippen molar-refractivity contribution in [3.63, 3.8) is 0 Å². The van der Waals surface area contributed by atoms with Gasteiger partial charge in [0, 0.05) is 12.2 Å². The lowest BCUT2D eigenvalue weighted by Gasteiger charge is -2.08. The van der Waals surface area contributed by atoms with Crippen LogP contribution in [0.2, 0.25) is 0 Å². The molecule has 0 bridgehead atoms. The number of nitrogens with one attached hydrogen (secondary N) is 1. The summed E-state index contributed by atoms with van der Waals surface area (Å²) in [5.41, 5.74) is 0.995. The Hall–Kier alpha value is -0.680. The van der Waals surface area contributed by atoms with Crippen LogP contribution in [0.25, 0.3) is 0 Å². The summed E-state index contributed by atoms with van der Waals surface area (Å²) in [6, 6.07) is 7.12. The topological polar surface area (TPSA) is 46.2 Å². The van der Waals surface area contributed by atoms with Gasteiger partial charge >= 0.3 is 0 Å². The number of hydrogen-bond acceptors (Lipinski definition) is 4. The summed E-state index contributed by atoms with van der Waals surface area (Å²) in [5.74, 6) is 1.47. The van der Waals surface area contributed by atoms with Crippen molar-refractivity contribution < 1.29 is 8.42 Å². The van der Waals surface area contributed by atoms with E-state index in [4.69, 9.17) is 0 Å². The quantitative estimate of drug-likeness (QED) is 0.618. The summed E-state index contributed by atoms with van der Waals surface area (Å²) >= 11 is 1.90. The average molecular weight is 330 g/mol. The lowest BCUT2D eigenvalue weighted by Crippen LogP contribution is -2.06. The molecule has 0 saturated carbocycles. The molecular formula is C16H27NO2S2. The van der Waals surface area contributed by atoms with Gasteiger partial charge in [-0.05, 0) is 55.5 Å². The second kappa shape index (κ2) is 10.1. The van der Waals surface area contributed by atoms with Crippen molar-refractivity contribution in [1.82, 2.24) is 0 Å². The number of unbranched alkanes of at least 4 members (excludes halogenated alkanes) is 3. The van der Waals surface area contributed by atoms with Crippen molar-refractivity contribution in [2.45, 2.75) is 43.9 Å². The Morgan fingerprint density at radius 2 is 1.71 bits per heavy atom. The van der Waals surface area contributed by atoms with Crippen LogP contribution in [0.3, 0.4) is 0 Å². The summed E-state index contributed by atoms with van der Waals surface area (Å²) in [6.45, 7) is 2.83. The fraction of sp³-hybridized carbons (Fsp3) is 0.625. The van der Waals surface area contributed by atoms with Crippen LogP contribution in [0.15, 0.2) is 29.2 Å². The third-order valence-electron chi connectivity index (χ3n) is 3.29. The normalized spacial score (nSPS) is 11.5. The maximum Gasteiger partial charge on any atom is 0.178 e.